The summed E-state index contributed by atoms with van der Waals surface area (Å²) in [6.45, 7) is 1.74. The number of nitrogens with zero attached hydrogens (tertiary/aromatic N) is 7. The van der Waals surface area contributed by atoms with E-state index in [0.29, 0.717) is 12.1 Å². The third-order valence-corrected chi connectivity index (χ3v) is 11.4. The second kappa shape index (κ2) is 12.2. The van der Waals surface area contributed by atoms with Crippen molar-refractivity contribution in [3.8, 4) is 17.0 Å². The molecule has 17 heteroatoms. The third-order valence-electron chi connectivity index (χ3n) is 8.37. The first-order valence-electron chi connectivity index (χ1n) is 14.7. The Bertz CT molecular complexity index is 2140. The van der Waals surface area contributed by atoms with E-state index in [1.165, 1.54) is 33.4 Å². The minimum absolute atomic E-state index is 0.0657. The monoisotopic (exact) mass is 724 g/mol. The fourth-order valence-corrected chi connectivity index (χ4v) is 9.13. The molecule has 0 spiro atoms. The van der Waals surface area contributed by atoms with Crippen molar-refractivity contribution in [2.24, 2.45) is 0 Å². The molecule has 0 unspecified atom stereocenters. The summed E-state index contributed by atoms with van der Waals surface area (Å²) in [6, 6.07) is 11.1. The molecular formula is C31H26Cl2N8O5S2. The molecule has 5 heterocycles. The number of halogens is 2. The molecule has 0 radical (unpaired) electrons. The van der Waals surface area contributed by atoms with Crippen molar-refractivity contribution in [2.75, 3.05) is 16.8 Å². The van der Waals surface area contributed by atoms with Gasteiger partial charge in [-0.25, -0.2) is 28.3 Å². The standard InChI is InChI=1S/C31H26Cl2N8O5S2/c1-31(12-18-4-6-19(7-5-18)20-13-34-17-35-14-20)28(44)40(23-10-21(32)9-22(33)11-23)30-36-15-26(41(30)31)48(45,46)39-8-2-3-24(39)27(43)38-29-37-25(42)16-47-29/h4-7,9-11,13-17,24,42H,2-3,8,12H2,1H3,(H,37,38,43)/t24-,31+/m0/s1. The van der Waals surface area contributed by atoms with Crippen molar-refractivity contribution in [1.82, 2.24) is 28.8 Å². The zero-order chi connectivity index (χ0) is 33.8. The van der Waals surface area contributed by atoms with Crippen LogP contribution in [0.1, 0.15) is 25.3 Å². The van der Waals surface area contributed by atoms with Crippen molar-refractivity contribution >= 4 is 73.1 Å². The molecule has 2 aliphatic heterocycles. The molecule has 2 aromatic carbocycles. The number of rotatable bonds is 8. The Balaban J connectivity index is 1.29. The van der Waals surface area contributed by atoms with E-state index in [-0.39, 0.29) is 51.4 Å². The molecule has 3 aromatic heterocycles. The average molecular weight is 726 g/mol. The maximum Gasteiger partial charge on any atom is 0.261 e. The second-order valence-electron chi connectivity index (χ2n) is 11.5. The summed E-state index contributed by atoms with van der Waals surface area (Å²) in [5.74, 6) is -1.21. The molecule has 246 valence electrons. The smallest absolute Gasteiger partial charge is 0.261 e. The number of amides is 2. The first-order chi connectivity index (χ1) is 23.0. The topological polar surface area (TPSA) is 164 Å². The van der Waals surface area contributed by atoms with Gasteiger partial charge in [-0.15, -0.1) is 11.3 Å². The van der Waals surface area contributed by atoms with Crippen molar-refractivity contribution in [1.29, 1.82) is 0 Å². The maximum atomic E-state index is 14.5. The van der Waals surface area contributed by atoms with Crippen LogP contribution in [0.4, 0.5) is 16.8 Å². The van der Waals surface area contributed by atoms with Crippen LogP contribution >= 0.6 is 34.5 Å². The Labute approximate surface area is 288 Å². The number of nitrogens with one attached hydrogen (secondary N) is 1. The van der Waals surface area contributed by atoms with Gasteiger partial charge in [0.1, 0.15) is 17.9 Å². The molecule has 2 atom stereocenters. The number of anilines is 3. The Hall–Kier alpha value is -4.41. The van der Waals surface area contributed by atoms with Crippen molar-refractivity contribution in [3.05, 3.63) is 88.4 Å². The average Bonchev–Trinajstić information content (AvgIpc) is 3.85. The van der Waals surface area contributed by atoms with Gasteiger partial charge in [-0.3, -0.25) is 14.2 Å². The fraction of sp³-hybridized carbons (Fsp3) is 0.226. The van der Waals surface area contributed by atoms with Gasteiger partial charge in [0.15, 0.2) is 10.2 Å². The Morgan fingerprint density at radius 2 is 1.79 bits per heavy atom. The van der Waals surface area contributed by atoms with Gasteiger partial charge >= 0.3 is 0 Å². The van der Waals surface area contributed by atoms with Crippen LogP contribution in [0.5, 0.6) is 5.88 Å². The minimum atomic E-state index is -4.39. The van der Waals surface area contributed by atoms with Crippen molar-refractivity contribution in [2.45, 2.75) is 42.8 Å². The van der Waals surface area contributed by atoms with Crippen molar-refractivity contribution in [3.63, 3.8) is 0 Å². The molecule has 0 bridgehead atoms. The molecule has 13 nitrogen and oxygen atoms in total. The zero-order valence-corrected chi connectivity index (χ0v) is 28.3. The molecule has 0 saturated carbocycles. The quantitative estimate of drug-likeness (QED) is 0.218. The Morgan fingerprint density at radius 1 is 1.08 bits per heavy atom. The number of hydrogen-bond acceptors (Lipinski definition) is 10. The normalized spacial score (nSPS) is 19.5. The highest BCUT2D eigenvalue weighted by molar-refractivity contribution is 7.89. The number of thiazole rings is 1. The molecule has 1 fully saturated rings. The van der Waals surface area contributed by atoms with E-state index < -0.39 is 33.4 Å². The molecule has 1 saturated heterocycles. The highest BCUT2D eigenvalue weighted by atomic mass is 35.5. The summed E-state index contributed by atoms with van der Waals surface area (Å²) in [5.41, 5.74) is 1.29. The molecule has 7 rings (SSSR count). The fourth-order valence-electron chi connectivity index (χ4n) is 6.20. The number of aromatic nitrogens is 5. The third kappa shape index (κ3) is 5.60. The molecule has 0 aliphatic carbocycles. The van der Waals surface area contributed by atoms with Crippen LogP contribution in [-0.2, 0) is 31.6 Å². The van der Waals surface area contributed by atoms with E-state index in [1.807, 2.05) is 24.3 Å². The SMILES string of the molecule is C[C@@]1(Cc2ccc(-c3cncnc3)cc2)C(=O)N(c2cc(Cl)cc(Cl)c2)c2ncc(S(=O)(=O)N3CCC[C@H]3C(=O)Nc3nc(O)cs3)n21. The van der Waals surface area contributed by atoms with Gasteiger partial charge in [-0.1, -0.05) is 47.5 Å². The summed E-state index contributed by atoms with van der Waals surface area (Å²) in [7, 11) is -4.39. The number of fused-ring (bicyclic) bond motifs is 1. The first-order valence-corrected chi connectivity index (χ1v) is 17.7. The van der Waals surface area contributed by atoms with Gasteiger partial charge < -0.3 is 10.4 Å². The van der Waals surface area contributed by atoms with E-state index in [1.54, 1.807) is 31.5 Å². The molecule has 5 aromatic rings. The van der Waals surface area contributed by atoms with Gasteiger partial charge in [-0.05, 0) is 49.1 Å². The highest BCUT2D eigenvalue weighted by Gasteiger charge is 2.53. The van der Waals surface area contributed by atoms with E-state index in [0.717, 1.165) is 32.3 Å². The van der Waals surface area contributed by atoms with E-state index in [4.69, 9.17) is 23.2 Å². The van der Waals surface area contributed by atoms with Crippen LogP contribution in [-0.4, -0.2) is 66.7 Å². The Kier molecular flexibility index (Phi) is 8.20. The molecule has 2 aliphatic rings. The number of imidazole rings is 1. The largest absolute Gasteiger partial charge is 0.493 e. The summed E-state index contributed by atoms with van der Waals surface area (Å²) in [5, 5.41) is 14.0. The van der Waals surface area contributed by atoms with Crippen LogP contribution in [0.3, 0.4) is 0 Å². The predicted octanol–water partition coefficient (Wildman–Crippen LogP) is 5.24. The van der Waals surface area contributed by atoms with Gasteiger partial charge in [0.25, 0.3) is 15.9 Å². The summed E-state index contributed by atoms with van der Waals surface area (Å²) >= 11 is 13.7. The lowest BCUT2D eigenvalue weighted by Gasteiger charge is -2.29. The Morgan fingerprint density at radius 3 is 2.46 bits per heavy atom. The van der Waals surface area contributed by atoms with E-state index >= 15 is 0 Å². The maximum absolute atomic E-state index is 14.5. The first kappa shape index (κ1) is 32.2. The molecule has 2 amide bonds. The van der Waals surface area contributed by atoms with Crippen molar-refractivity contribution < 1.29 is 23.1 Å². The van der Waals surface area contributed by atoms with E-state index in [9.17, 15) is 23.1 Å². The lowest BCUT2D eigenvalue weighted by molar-refractivity contribution is -0.124. The summed E-state index contributed by atoms with van der Waals surface area (Å²) < 4.78 is 31.5. The highest BCUT2D eigenvalue weighted by Crippen LogP contribution is 2.45. The van der Waals surface area contributed by atoms with Gasteiger partial charge in [0.05, 0.1) is 17.3 Å². The number of carbonyl (C=O) groups excluding carboxylic acids is 2. The predicted molar refractivity (Wildman–Crippen MR) is 180 cm³/mol. The molecular weight excluding hydrogens is 699 g/mol. The minimum Gasteiger partial charge on any atom is -0.493 e. The summed E-state index contributed by atoms with van der Waals surface area (Å²) in [4.78, 5) is 45.5. The van der Waals surface area contributed by atoms with Crippen LogP contribution < -0.4 is 10.2 Å². The lowest BCUT2D eigenvalue weighted by Crippen LogP contribution is -2.46. The number of carbonyl (C=O) groups is 2. The van der Waals surface area contributed by atoms with Gasteiger partial charge in [-0.2, -0.15) is 9.29 Å². The molecule has 48 heavy (non-hydrogen) atoms. The second-order valence-corrected chi connectivity index (χ2v) is 15.1. The number of sulfonamides is 1. The number of benzene rings is 2. The van der Waals surface area contributed by atoms with E-state index in [2.05, 4.69) is 25.3 Å². The van der Waals surface area contributed by atoms with Gasteiger partial charge in [0.2, 0.25) is 17.7 Å². The van der Waals surface area contributed by atoms with Crippen LogP contribution in [0.25, 0.3) is 11.1 Å². The number of hydrogen-bond donors (Lipinski definition) is 2. The van der Waals surface area contributed by atoms with Crippen LogP contribution in [0.2, 0.25) is 10.0 Å². The van der Waals surface area contributed by atoms with Crippen LogP contribution in [0.15, 0.2) is 77.8 Å². The number of aromatic hydroxyl groups is 1. The zero-order valence-electron chi connectivity index (χ0n) is 25.1. The lowest BCUT2D eigenvalue weighted by atomic mass is 9.91. The molecule has 2 N–H and O–H groups in total. The van der Waals surface area contributed by atoms with Gasteiger partial charge in [0, 0.05) is 41.0 Å². The summed E-state index contributed by atoms with van der Waals surface area (Å²) in [6.07, 6.45) is 6.85. The van der Waals surface area contributed by atoms with Crippen LogP contribution in [0, 0.1) is 0 Å².